The van der Waals surface area contributed by atoms with E-state index in [1.54, 1.807) is 7.11 Å². The highest BCUT2D eigenvalue weighted by Crippen LogP contribution is 2.23. The maximum absolute atomic E-state index is 11.8. The average molecular weight is 316 g/mol. The highest BCUT2D eigenvalue weighted by atomic mass is 16.5. The number of nitrogens with one attached hydrogen (secondary N) is 2. The molecule has 0 atom stereocenters. The van der Waals surface area contributed by atoms with Crippen LogP contribution in [0.5, 0.6) is 5.75 Å². The first-order chi connectivity index (χ1) is 11.2. The Bertz CT molecular complexity index is 619. The predicted octanol–water partition coefficient (Wildman–Crippen LogP) is 4.20. The number of ether oxygens (including phenoxy) is 1. The molecular weight excluding hydrogens is 288 g/mol. The van der Waals surface area contributed by atoms with Crippen molar-refractivity contribution in [1.29, 1.82) is 0 Å². The normalized spacial score (nSPS) is 10.9. The zero-order valence-electron chi connectivity index (χ0n) is 14.3. The highest BCUT2D eigenvalue weighted by molar-refractivity contribution is 5.84. The van der Waals surface area contributed by atoms with Gasteiger partial charge in [0, 0.05) is 30.1 Å². The lowest BCUT2D eigenvalue weighted by Crippen LogP contribution is -2.25. The first-order valence-corrected chi connectivity index (χ1v) is 8.65. The summed E-state index contributed by atoms with van der Waals surface area (Å²) in [6.45, 7) is 2.88. The third-order valence-corrected chi connectivity index (χ3v) is 4.20. The number of carbonyl (C=O) groups is 1. The second-order valence-electron chi connectivity index (χ2n) is 5.99. The van der Waals surface area contributed by atoms with Crippen LogP contribution in [0, 0.1) is 0 Å². The summed E-state index contributed by atoms with van der Waals surface area (Å²) in [4.78, 5) is 15.1. The molecule has 23 heavy (non-hydrogen) atoms. The van der Waals surface area contributed by atoms with Gasteiger partial charge in [-0.25, -0.2) is 0 Å². The molecule has 1 heterocycles. The Labute approximate surface area is 138 Å². The van der Waals surface area contributed by atoms with Gasteiger partial charge >= 0.3 is 0 Å². The first-order valence-electron chi connectivity index (χ1n) is 8.65. The molecule has 1 aromatic carbocycles. The van der Waals surface area contributed by atoms with Gasteiger partial charge in [-0.05, 0) is 36.6 Å². The molecule has 0 aliphatic rings. The SMILES string of the molecule is CCCCCCCC(=O)NCCc1c[nH]c2ccc(OC)cc12. The molecule has 2 aromatic rings. The number of rotatable bonds is 10. The van der Waals surface area contributed by atoms with E-state index in [1.165, 1.54) is 24.8 Å². The van der Waals surface area contributed by atoms with Gasteiger partial charge in [-0.15, -0.1) is 0 Å². The maximum Gasteiger partial charge on any atom is 0.220 e. The standard InChI is InChI=1S/C19H28N2O2/c1-3-4-5-6-7-8-19(22)20-12-11-15-14-21-18-10-9-16(23-2)13-17(15)18/h9-10,13-14,21H,3-8,11-12H2,1-2H3,(H,20,22). The number of carbonyl (C=O) groups excluding carboxylic acids is 1. The number of benzene rings is 1. The minimum Gasteiger partial charge on any atom is -0.497 e. The smallest absolute Gasteiger partial charge is 0.220 e. The van der Waals surface area contributed by atoms with E-state index < -0.39 is 0 Å². The van der Waals surface area contributed by atoms with E-state index in [-0.39, 0.29) is 5.91 Å². The Morgan fingerprint density at radius 3 is 2.83 bits per heavy atom. The first kappa shape index (κ1) is 17.4. The number of unbranched alkanes of at least 4 members (excludes halogenated alkanes) is 4. The zero-order chi connectivity index (χ0) is 16.5. The molecule has 2 N–H and O–H groups in total. The van der Waals surface area contributed by atoms with E-state index in [0.29, 0.717) is 13.0 Å². The summed E-state index contributed by atoms with van der Waals surface area (Å²) in [6.07, 6.45) is 9.38. The number of methoxy groups -OCH3 is 1. The van der Waals surface area contributed by atoms with Crippen molar-refractivity contribution in [1.82, 2.24) is 10.3 Å². The fourth-order valence-corrected chi connectivity index (χ4v) is 2.81. The van der Waals surface area contributed by atoms with Crippen LogP contribution in [0.4, 0.5) is 0 Å². The summed E-state index contributed by atoms with van der Waals surface area (Å²) >= 11 is 0. The van der Waals surface area contributed by atoms with Crippen LogP contribution < -0.4 is 10.1 Å². The number of aromatic amines is 1. The molecule has 0 aliphatic heterocycles. The largest absolute Gasteiger partial charge is 0.497 e. The fourth-order valence-electron chi connectivity index (χ4n) is 2.81. The fraction of sp³-hybridized carbons (Fsp3) is 0.526. The molecule has 4 heteroatoms. The number of hydrogen-bond acceptors (Lipinski definition) is 2. The van der Waals surface area contributed by atoms with Crippen LogP contribution >= 0.6 is 0 Å². The molecule has 0 spiro atoms. The van der Waals surface area contributed by atoms with Crippen LogP contribution in [0.2, 0.25) is 0 Å². The summed E-state index contributed by atoms with van der Waals surface area (Å²) < 4.78 is 5.28. The van der Waals surface area contributed by atoms with E-state index in [9.17, 15) is 4.79 Å². The van der Waals surface area contributed by atoms with Crippen molar-refractivity contribution in [2.45, 2.75) is 51.9 Å². The van der Waals surface area contributed by atoms with Gasteiger partial charge in [0.05, 0.1) is 7.11 Å². The Morgan fingerprint density at radius 2 is 2.04 bits per heavy atom. The van der Waals surface area contributed by atoms with Gasteiger partial charge in [-0.3, -0.25) is 4.79 Å². The van der Waals surface area contributed by atoms with Gasteiger partial charge in [0.25, 0.3) is 0 Å². The molecule has 0 saturated carbocycles. The number of fused-ring (bicyclic) bond motifs is 1. The summed E-state index contributed by atoms with van der Waals surface area (Å²) in [7, 11) is 1.67. The number of H-pyrrole nitrogens is 1. The summed E-state index contributed by atoms with van der Waals surface area (Å²) in [5.41, 5.74) is 2.31. The summed E-state index contributed by atoms with van der Waals surface area (Å²) in [5, 5.41) is 4.19. The van der Waals surface area contributed by atoms with Crippen LogP contribution in [-0.2, 0) is 11.2 Å². The third-order valence-electron chi connectivity index (χ3n) is 4.20. The average Bonchev–Trinajstić information content (AvgIpc) is 2.97. The molecule has 0 bridgehead atoms. The number of aromatic nitrogens is 1. The molecule has 126 valence electrons. The third kappa shape index (κ3) is 5.31. The van der Waals surface area contributed by atoms with Crippen molar-refractivity contribution in [2.24, 2.45) is 0 Å². The van der Waals surface area contributed by atoms with E-state index in [4.69, 9.17) is 4.74 Å². The highest BCUT2D eigenvalue weighted by Gasteiger charge is 2.06. The Hall–Kier alpha value is -1.97. The van der Waals surface area contributed by atoms with Crippen LogP contribution in [-0.4, -0.2) is 24.5 Å². The molecule has 1 amide bonds. The van der Waals surface area contributed by atoms with Gasteiger partial charge in [0.1, 0.15) is 5.75 Å². The topological polar surface area (TPSA) is 54.1 Å². The zero-order valence-corrected chi connectivity index (χ0v) is 14.3. The molecule has 0 unspecified atom stereocenters. The van der Waals surface area contributed by atoms with Gasteiger partial charge in [0.15, 0.2) is 0 Å². The van der Waals surface area contributed by atoms with Gasteiger partial charge in [-0.2, -0.15) is 0 Å². The quantitative estimate of drug-likeness (QED) is 0.646. The van der Waals surface area contributed by atoms with Crippen molar-refractivity contribution in [3.05, 3.63) is 30.0 Å². The lowest BCUT2D eigenvalue weighted by Gasteiger charge is -2.05. The molecule has 4 nitrogen and oxygen atoms in total. The van der Waals surface area contributed by atoms with Crippen LogP contribution in [0.25, 0.3) is 10.9 Å². The van der Waals surface area contributed by atoms with Crippen molar-refractivity contribution >= 4 is 16.8 Å². The summed E-state index contributed by atoms with van der Waals surface area (Å²) in [5.74, 6) is 1.02. The van der Waals surface area contributed by atoms with Crippen molar-refractivity contribution in [3.8, 4) is 5.75 Å². The van der Waals surface area contributed by atoms with Crippen molar-refractivity contribution in [2.75, 3.05) is 13.7 Å². The van der Waals surface area contributed by atoms with Gasteiger partial charge in [0.2, 0.25) is 5.91 Å². The summed E-state index contributed by atoms with van der Waals surface area (Å²) in [6, 6.07) is 6.01. The second kappa shape index (κ2) is 9.23. The van der Waals surface area contributed by atoms with Crippen LogP contribution in [0.15, 0.2) is 24.4 Å². The van der Waals surface area contributed by atoms with Crippen LogP contribution in [0.1, 0.15) is 51.0 Å². The lowest BCUT2D eigenvalue weighted by atomic mass is 10.1. The molecule has 0 saturated heterocycles. The molecular formula is C19H28N2O2. The lowest BCUT2D eigenvalue weighted by molar-refractivity contribution is -0.121. The minimum absolute atomic E-state index is 0.166. The minimum atomic E-state index is 0.166. The molecule has 2 rings (SSSR count). The number of amides is 1. The van der Waals surface area contributed by atoms with Crippen LogP contribution in [0.3, 0.4) is 0 Å². The molecule has 0 fully saturated rings. The molecule has 0 radical (unpaired) electrons. The van der Waals surface area contributed by atoms with E-state index in [0.717, 1.165) is 35.9 Å². The van der Waals surface area contributed by atoms with E-state index >= 15 is 0 Å². The number of hydrogen-bond donors (Lipinski definition) is 2. The Morgan fingerprint density at radius 1 is 1.22 bits per heavy atom. The van der Waals surface area contributed by atoms with Crippen molar-refractivity contribution < 1.29 is 9.53 Å². The second-order valence-corrected chi connectivity index (χ2v) is 5.99. The van der Waals surface area contributed by atoms with Gasteiger partial charge in [-0.1, -0.05) is 32.6 Å². The Kier molecular flexibility index (Phi) is 6.98. The van der Waals surface area contributed by atoms with E-state index in [1.807, 2.05) is 24.4 Å². The van der Waals surface area contributed by atoms with Gasteiger partial charge < -0.3 is 15.0 Å². The van der Waals surface area contributed by atoms with E-state index in [2.05, 4.69) is 17.2 Å². The predicted molar refractivity (Wildman–Crippen MR) is 94.9 cm³/mol. The Balaban J connectivity index is 1.74. The maximum atomic E-state index is 11.8. The molecule has 1 aromatic heterocycles. The molecule has 0 aliphatic carbocycles. The monoisotopic (exact) mass is 316 g/mol. The van der Waals surface area contributed by atoms with Crippen molar-refractivity contribution in [3.63, 3.8) is 0 Å².